The van der Waals surface area contributed by atoms with Crippen molar-refractivity contribution in [2.75, 3.05) is 25.5 Å². The van der Waals surface area contributed by atoms with Crippen LogP contribution in [-0.2, 0) is 0 Å². The molecule has 3 rings (SSSR count). The van der Waals surface area contributed by atoms with Crippen LogP contribution in [0.15, 0.2) is 50.3 Å². The molecule has 0 aromatic heterocycles. The number of rotatable bonds is 6. The molecular formula is C21H20Br2N2O4S. The molecule has 30 heavy (non-hydrogen) atoms. The Balaban J connectivity index is 1.80. The maximum absolute atomic E-state index is 13.0. The SMILES string of the molecule is CCOc1ccc(C(=O)N=C2SCCN2C(=O)c2ccc(OCC)c(Br)c2)cc1Br. The molecule has 1 heterocycles. The Labute approximate surface area is 196 Å². The predicted octanol–water partition coefficient (Wildman–Crippen LogP) is 5.39. The molecule has 2 amide bonds. The molecule has 2 aromatic carbocycles. The molecule has 0 unspecified atom stereocenters. The van der Waals surface area contributed by atoms with Gasteiger partial charge in [0.2, 0.25) is 0 Å². The van der Waals surface area contributed by atoms with Crippen molar-refractivity contribution in [3.63, 3.8) is 0 Å². The third-order valence-electron chi connectivity index (χ3n) is 4.18. The van der Waals surface area contributed by atoms with Gasteiger partial charge in [0.25, 0.3) is 11.8 Å². The van der Waals surface area contributed by atoms with Gasteiger partial charge in [-0.25, -0.2) is 0 Å². The standard InChI is InChI=1S/C21H20Br2N2O4S/c1-3-28-17-7-5-13(11-15(17)22)19(26)24-21-25(9-10-30-21)20(27)14-6-8-18(29-4-2)16(23)12-14/h5-8,11-12H,3-4,9-10H2,1-2H3. The van der Waals surface area contributed by atoms with Crippen LogP contribution in [0.4, 0.5) is 0 Å². The first-order valence-corrected chi connectivity index (χ1v) is 11.9. The van der Waals surface area contributed by atoms with Gasteiger partial charge in [0.1, 0.15) is 11.5 Å². The second-order valence-electron chi connectivity index (χ2n) is 6.16. The van der Waals surface area contributed by atoms with E-state index in [9.17, 15) is 9.59 Å². The quantitative estimate of drug-likeness (QED) is 0.477. The van der Waals surface area contributed by atoms with Crippen LogP contribution in [0.1, 0.15) is 34.6 Å². The molecule has 6 nitrogen and oxygen atoms in total. The largest absolute Gasteiger partial charge is 0.493 e. The average molecular weight is 556 g/mol. The fourth-order valence-corrected chi connectivity index (χ4v) is 4.72. The summed E-state index contributed by atoms with van der Waals surface area (Å²) in [5, 5.41) is 0.403. The van der Waals surface area contributed by atoms with E-state index in [1.807, 2.05) is 13.8 Å². The van der Waals surface area contributed by atoms with Gasteiger partial charge < -0.3 is 9.47 Å². The van der Waals surface area contributed by atoms with E-state index >= 15 is 0 Å². The minimum Gasteiger partial charge on any atom is -0.493 e. The second kappa shape index (κ2) is 10.5. The van der Waals surface area contributed by atoms with Crippen molar-refractivity contribution in [2.45, 2.75) is 13.8 Å². The molecule has 2 aromatic rings. The summed E-state index contributed by atoms with van der Waals surface area (Å²) in [5.41, 5.74) is 0.915. The molecule has 0 radical (unpaired) electrons. The molecule has 1 fully saturated rings. The van der Waals surface area contributed by atoms with Gasteiger partial charge in [-0.2, -0.15) is 4.99 Å². The van der Waals surface area contributed by atoms with Gasteiger partial charge >= 0.3 is 0 Å². The molecule has 9 heteroatoms. The number of benzene rings is 2. The van der Waals surface area contributed by atoms with E-state index in [1.54, 1.807) is 36.4 Å². The molecule has 0 spiro atoms. The van der Waals surface area contributed by atoms with Crippen LogP contribution in [0.3, 0.4) is 0 Å². The van der Waals surface area contributed by atoms with Gasteiger partial charge in [0, 0.05) is 23.4 Å². The highest BCUT2D eigenvalue weighted by molar-refractivity contribution is 9.10. The van der Waals surface area contributed by atoms with E-state index < -0.39 is 5.91 Å². The number of hydrogen-bond donors (Lipinski definition) is 0. The van der Waals surface area contributed by atoms with E-state index in [2.05, 4.69) is 36.9 Å². The summed E-state index contributed by atoms with van der Waals surface area (Å²) in [7, 11) is 0. The van der Waals surface area contributed by atoms with Crippen LogP contribution in [0.5, 0.6) is 11.5 Å². The van der Waals surface area contributed by atoms with Crippen molar-refractivity contribution >= 4 is 60.6 Å². The smallest absolute Gasteiger partial charge is 0.279 e. The molecule has 0 aliphatic carbocycles. The zero-order valence-electron chi connectivity index (χ0n) is 16.5. The van der Waals surface area contributed by atoms with E-state index in [1.165, 1.54) is 16.7 Å². The van der Waals surface area contributed by atoms with Gasteiger partial charge in [-0.1, -0.05) is 11.8 Å². The fraction of sp³-hybridized carbons (Fsp3) is 0.286. The number of carbonyl (C=O) groups excluding carboxylic acids is 2. The number of amidine groups is 1. The Hall–Kier alpha value is -1.84. The van der Waals surface area contributed by atoms with Gasteiger partial charge in [-0.3, -0.25) is 14.5 Å². The van der Waals surface area contributed by atoms with Gasteiger partial charge in [0.05, 0.1) is 22.2 Å². The van der Waals surface area contributed by atoms with Crippen molar-refractivity contribution < 1.29 is 19.1 Å². The number of amides is 2. The molecule has 1 aliphatic rings. The van der Waals surface area contributed by atoms with Crippen molar-refractivity contribution in [3.8, 4) is 11.5 Å². The van der Waals surface area contributed by atoms with Crippen LogP contribution < -0.4 is 9.47 Å². The highest BCUT2D eigenvalue weighted by Gasteiger charge is 2.28. The summed E-state index contributed by atoms with van der Waals surface area (Å²) < 4.78 is 12.4. The van der Waals surface area contributed by atoms with Crippen molar-refractivity contribution in [1.29, 1.82) is 0 Å². The minimum atomic E-state index is -0.408. The lowest BCUT2D eigenvalue weighted by molar-refractivity contribution is 0.0859. The third-order valence-corrected chi connectivity index (χ3v) is 6.37. The predicted molar refractivity (Wildman–Crippen MR) is 126 cm³/mol. The number of ether oxygens (including phenoxy) is 2. The molecule has 158 valence electrons. The first-order valence-electron chi connectivity index (χ1n) is 9.37. The number of halogens is 2. The number of thioether (sulfide) groups is 1. The first kappa shape index (κ1) is 22.8. The van der Waals surface area contributed by atoms with E-state index in [0.29, 0.717) is 62.3 Å². The molecule has 1 aliphatic heterocycles. The van der Waals surface area contributed by atoms with Gasteiger partial charge in [-0.15, -0.1) is 0 Å². The molecular weight excluding hydrogens is 536 g/mol. The zero-order valence-corrected chi connectivity index (χ0v) is 20.5. The maximum Gasteiger partial charge on any atom is 0.279 e. The Morgan fingerprint density at radius 2 is 1.57 bits per heavy atom. The normalized spacial score (nSPS) is 14.8. The zero-order chi connectivity index (χ0) is 21.7. The van der Waals surface area contributed by atoms with Crippen LogP contribution in [0.2, 0.25) is 0 Å². The van der Waals surface area contributed by atoms with Crippen molar-refractivity contribution in [1.82, 2.24) is 4.90 Å². The summed E-state index contributed by atoms with van der Waals surface area (Å²) >= 11 is 8.23. The van der Waals surface area contributed by atoms with E-state index in [0.717, 1.165) is 0 Å². The highest BCUT2D eigenvalue weighted by atomic mass is 79.9. The fourth-order valence-electron chi connectivity index (χ4n) is 2.80. The lowest BCUT2D eigenvalue weighted by atomic mass is 10.2. The summed E-state index contributed by atoms with van der Waals surface area (Å²) in [4.78, 5) is 31.4. The Morgan fingerprint density at radius 1 is 1.00 bits per heavy atom. The number of nitrogens with zero attached hydrogens (tertiary/aromatic N) is 2. The average Bonchev–Trinajstić information content (AvgIpc) is 3.18. The van der Waals surface area contributed by atoms with Crippen molar-refractivity contribution in [3.05, 3.63) is 56.5 Å². The monoisotopic (exact) mass is 554 g/mol. The maximum atomic E-state index is 13.0. The van der Waals surface area contributed by atoms with Crippen LogP contribution in [0, 0.1) is 0 Å². The molecule has 0 N–H and O–H groups in total. The van der Waals surface area contributed by atoms with Crippen molar-refractivity contribution in [2.24, 2.45) is 4.99 Å². The van der Waals surface area contributed by atoms with Gasteiger partial charge in [0.15, 0.2) is 5.17 Å². The van der Waals surface area contributed by atoms with E-state index in [4.69, 9.17) is 9.47 Å². The Kier molecular flexibility index (Phi) is 7.96. The Morgan fingerprint density at radius 3 is 2.13 bits per heavy atom. The van der Waals surface area contributed by atoms with Crippen LogP contribution in [-0.4, -0.2) is 47.4 Å². The molecule has 0 saturated carbocycles. The number of aliphatic imine (C=N–C) groups is 1. The summed E-state index contributed by atoms with van der Waals surface area (Å²) in [6.45, 7) is 5.35. The van der Waals surface area contributed by atoms with Gasteiger partial charge in [-0.05, 0) is 82.1 Å². The van der Waals surface area contributed by atoms with E-state index in [-0.39, 0.29) is 5.91 Å². The number of hydrogen-bond acceptors (Lipinski definition) is 5. The topological polar surface area (TPSA) is 68.2 Å². The molecule has 1 saturated heterocycles. The molecule has 0 bridgehead atoms. The first-order chi connectivity index (χ1) is 14.4. The molecule has 0 atom stereocenters. The highest BCUT2D eigenvalue weighted by Crippen LogP contribution is 2.29. The second-order valence-corrected chi connectivity index (χ2v) is 8.93. The third kappa shape index (κ3) is 5.25. The summed E-state index contributed by atoms with van der Waals surface area (Å²) in [6, 6.07) is 10.3. The minimum absolute atomic E-state index is 0.205. The van der Waals surface area contributed by atoms with Crippen LogP contribution in [0.25, 0.3) is 0 Å². The lowest BCUT2D eigenvalue weighted by Crippen LogP contribution is -2.32. The Bertz CT molecular complexity index is 997. The summed E-state index contributed by atoms with van der Waals surface area (Å²) in [6.07, 6.45) is 0. The summed E-state index contributed by atoms with van der Waals surface area (Å²) in [5.74, 6) is 1.41. The van der Waals surface area contributed by atoms with Crippen LogP contribution >= 0.6 is 43.6 Å². The number of carbonyl (C=O) groups is 2. The lowest BCUT2D eigenvalue weighted by Gasteiger charge is -2.16.